The maximum absolute atomic E-state index is 8.62. The number of hydrogen-bond donors (Lipinski definition) is 1. The molecule has 2 N–H and O–H groups in total. The summed E-state index contributed by atoms with van der Waals surface area (Å²) in [6.07, 6.45) is 2.15. The van der Waals surface area contributed by atoms with Crippen LogP contribution in [0, 0.1) is 11.3 Å². The Kier molecular flexibility index (Phi) is 3.10. The number of pyridine rings is 1. The number of fused-ring (bicyclic) bond motifs is 1. The van der Waals surface area contributed by atoms with Crippen LogP contribution in [0.25, 0.3) is 10.9 Å². The van der Waals surface area contributed by atoms with Crippen molar-refractivity contribution in [3.63, 3.8) is 0 Å². The van der Waals surface area contributed by atoms with Crippen LogP contribution in [0.1, 0.15) is 6.42 Å². The van der Waals surface area contributed by atoms with Gasteiger partial charge in [0.15, 0.2) is 0 Å². The lowest BCUT2D eigenvalue weighted by Crippen LogP contribution is -2.20. The van der Waals surface area contributed by atoms with E-state index in [1.54, 1.807) is 6.20 Å². The van der Waals surface area contributed by atoms with Crippen LogP contribution in [-0.2, 0) is 0 Å². The number of anilines is 2. The topological polar surface area (TPSA) is 65.9 Å². The first kappa shape index (κ1) is 11.2. The molecule has 0 aliphatic heterocycles. The number of hydrogen-bond acceptors (Lipinski definition) is 4. The highest BCUT2D eigenvalue weighted by Gasteiger charge is 2.10. The molecule has 1 aromatic carbocycles. The molecule has 0 spiro atoms. The predicted molar refractivity (Wildman–Crippen MR) is 69.7 cm³/mol. The molecule has 0 unspecified atom stereocenters. The van der Waals surface area contributed by atoms with Gasteiger partial charge in [0, 0.05) is 19.0 Å². The minimum Gasteiger partial charge on any atom is -0.396 e. The standard InChI is InChI=1S/C13H14N4/c1-17(8-4-7-14)13-10-5-2-3-6-12(10)16-9-11(13)15/h2-3,5-6,9H,4,8,15H2,1H3. The SMILES string of the molecule is CN(CCC#N)c1c(N)cnc2ccccc12. The van der Waals surface area contributed by atoms with E-state index in [1.165, 1.54) is 0 Å². The Balaban J connectivity index is 2.51. The summed E-state index contributed by atoms with van der Waals surface area (Å²) in [6.45, 7) is 0.661. The Morgan fingerprint density at radius 2 is 2.18 bits per heavy atom. The molecule has 0 fully saturated rings. The van der Waals surface area contributed by atoms with E-state index in [1.807, 2.05) is 36.2 Å². The summed E-state index contributed by atoms with van der Waals surface area (Å²) < 4.78 is 0. The summed E-state index contributed by atoms with van der Waals surface area (Å²) >= 11 is 0. The predicted octanol–water partition coefficient (Wildman–Crippen LogP) is 2.17. The molecule has 0 bridgehead atoms. The van der Waals surface area contributed by atoms with Crippen LogP contribution in [-0.4, -0.2) is 18.6 Å². The summed E-state index contributed by atoms with van der Waals surface area (Å²) in [5.74, 6) is 0. The van der Waals surface area contributed by atoms with Crippen molar-refractivity contribution in [1.82, 2.24) is 4.98 Å². The average molecular weight is 226 g/mol. The van der Waals surface area contributed by atoms with Crippen LogP contribution in [0.2, 0.25) is 0 Å². The van der Waals surface area contributed by atoms with Gasteiger partial charge < -0.3 is 10.6 Å². The molecule has 0 saturated heterocycles. The Bertz CT molecular complexity index is 571. The monoisotopic (exact) mass is 226 g/mol. The molecule has 0 atom stereocenters. The fourth-order valence-electron chi connectivity index (χ4n) is 1.90. The fourth-order valence-corrected chi connectivity index (χ4v) is 1.90. The molecular formula is C13H14N4. The van der Waals surface area contributed by atoms with Crippen molar-refractivity contribution in [2.45, 2.75) is 6.42 Å². The van der Waals surface area contributed by atoms with Crippen molar-refractivity contribution < 1.29 is 0 Å². The number of aromatic nitrogens is 1. The molecule has 4 heteroatoms. The molecule has 17 heavy (non-hydrogen) atoms. The highest BCUT2D eigenvalue weighted by molar-refractivity contribution is 5.97. The lowest BCUT2D eigenvalue weighted by Gasteiger charge is -2.21. The van der Waals surface area contributed by atoms with Gasteiger partial charge in [-0.2, -0.15) is 5.26 Å². The average Bonchev–Trinajstić information content (AvgIpc) is 2.35. The molecule has 1 aromatic heterocycles. The summed E-state index contributed by atoms with van der Waals surface area (Å²) in [7, 11) is 1.94. The zero-order valence-corrected chi connectivity index (χ0v) is 9.72. The zero-order valence-electron chi connectivity index (χ0n) is 9.72. The van der Waals surface area contributed by atoms with E-state index >= 15 is 0 Å². The van der Waals surface area contributed by atoms with E-state index in [9.17, 15) is 0 Å². The van der Waals surface area contributed by atoms with Crippen LogP contribution in [0.4, 0.5) is 11.4 Å². The Labute approximate surface area is 100 Å². The molecule has 0 amide bonds. The summed E-state index contributed by atoms with van der Waals surface area (Å²) in [4.78, 5) is 6.29. The number of nitriles is 1. The minimum absolute atomic E-state index is 0.479. The van der Waals surface area contributed by atoms with Gasteiger partial charge in [0.05, 0.1) is 35.6 Å². The van der Waals surface area contributed by atoms with Crippen molar-refractivity contribution >= 4 is 22.3 Å². The highest BCUT2D eigenvalue weighted by Crippen LogP contribution is 2.30. The molecule has 0 radical (unpaired) electrons. The lowest BCUT2D eigenvalue weighted by atomic mass is 10.1. The van der Waals surface area contributed by atoms with Crippen LogP contribution >= 0.6 is 0 Å². The second-order valence-corrected chi connectivity index (χ2v) is 3.91. The number of nitrogen functional groups attached to an aromatic ring is 1. The molecular weight excluding hydrogens is 212 g/mol. The van der Waals surface area contributed by atoms with Crippen LogP contribution in [0.15, 0.2) is 30.5 Å². The van der Waals surface area contributed by atoms with Crippen molar-refractivity contribution in [3.05, 3.63) is 30.5 Å². The lowest BCUT2D eigenvalue weighted by molar-refractivity contribution is 0.910. The first-order valence-electron chi connectivity index (χ1n) is 5.45. The van der Waals surface area contributed by atoms with Gasteiger partial charge in [-0.25, -0.2) is 0 Å². The van der Waals surface area contributed by atoms with E-state index < -0.39 is 0 Å². The van der Waals surface area contributed by atoms with Crippen LogP contribution in [0.3, 0.4) is 0 Å². The smallest absolute Gasteiger partial charge is 0.0745 e. The van der Waals surface area contributed by atoms with E-state index in [4.69, 9.17) is 11.0 Å². The number of nitrogens with zero attached hydrogens (tertiary/aromatic N) is 3. The normalized spacial score (nSPS) is 10.1. The number of benzene rings is 1. The van der Waals surface area contributed by atoms with Crippen molar-refractivity contribution in [2.75, 3.05) is 24.2 Å². The largest absolute Gasteiger partial charge is 0.396 e. The second kappa shape index (κ2) is 4.71. The van der Waals surface area contributed by atoms with Gasteiger partial charge in [0.25, 0.3) is 0 Å². The molecule has 1 heterocycles. The van der Waals surface area contributed by atoms with Gasteiger partial charge in [0.2, 0.25) is 0 Å². The first-order valence-corrected chi connectivity index (χ1v) is 5.45. The molecule has 2 rings (SSSR count). The minimum atomic E-state index is 0.479. The van der Waals surface area contributed by atoms with Crippen LogP contribution in [0.5, 0.6) is 0 Å². The van der Waals surface area contributed by atoms with E-state index in [2.05, 4.69) is 11.1 Å². The zero-order chi connectivity index (χ0) is 12.3. The fraction of sp³-hybridized carbons (Fsp3) is 0.231. The number of para-hydroxylation sites is 1. The van der Waals surface area contributed by atoms with Gasteiger partial charge in [-0.3, -0.25) is 4.98 Å². The van der Waals surface area contributed by atoms with Gasteiger partial charge in [0.1, 0.15) is 0 Å². The van der Waals surface area contributed by atoms with E-state index in [-0.39, 0.29) is 0 Å². The summed E-state index contributed by atoms with van der Waals surface area (Å²) in [6, 6.07) is 10.0. The van der Waals surface area contributed by atoms with E-state index in [0.717, 1.165) is 16.6 Å². The third-order valence-electron chi connectivity index (χ3n) is 2.72. The van der Waals surface area contributed by atoms with Crippen molar-refractivity contribution in [1.29, 1.82) is 5.26 Å². The molecule has 0 aliphatic rings. The van der Waals surface area contributed by atoms with Crippen molar-refractivity contribution in [3.8, 4) is 6.07 Å². The van der Waals surface area contributed by atoms with Gasteiger partial charge in [-0.1, -0.05) is 18.2 Å². The summed E-state index contributed by atoms with van der Waals surface area (Å²) in [5.41, 5.74) is 8.48. The first-order chi connectivity index (χ1) is 8.24. The van der Waals surface area contributed by atoms with Gasteiger partial charge >= 0.3 is 0 Å². The molecule has 0 saturated carbocycles. The second-order valence-electron chi connectivity index (χ2n) is 3.91. The molecule has 2 aromatic rings. The quantitative estimate of drug-likeness (QED) is 0.871. The van der Waals surface area contributed by atoms with Crippen molar-refractivity contribution in [2.24, 2.45) is 0 Å². The maximum atomic E-state index is 8.62. The highest BCUT2D eigenvalue weighted by atomic mass is 15.1. The maximum Gasteiger partial charge on any atom is 0.0745 e. The molecule has 0 aliphatic carbocycles. The Hall–Kier alpha value is -2.28. The molecule has 4 nitrogen and oxygen atoms in total. The molecule has 86 valence electrons. The van der Waals surface area contributed by atoms with Gasteiger partial charge in [-0.15, -0.1) is 0 Å². The summed E-state index contributed by atoms with van der Waals surface area (Å²) in [5, 5.41) is 9.65. The van der Waals surface area contributed by atoms with E-state index in [0.29, 0.717) is 18.7 Å². The Morgan fingerprint density at radius 1 is 1.41 bits per heavy atom. The van der Waals surface area contributed by atoms with Gasteiger partial charge in [-0.05, 0) is 6.07 Å². The third kappa shape index (κ3) is 2.13. The van der Waals surface area contributed by atoms with Crippen LogP contribution < -0.4 is 10.6 Å². The Morgan fingerprint density at radius 3 is 2.94 bits per heavy atom. The number of rotatable bonds is 3. The third-order valence-corrected chi connectivity index (χ3v) is 2.72. The number of nitrogens with two attached hydrogens (primary N) is 1.